The number of benzene rings is 2. The van der Waals surface area contributed by atoms with Gasteiger partial charge in [-0.3, -0.25) is 9.69 Å². The number of carbonyl (C=O) groups is 1. The average Bonchev–Trinajstić information content (AvgIpc) is 3.11. The van der Waals surface area contributed by atoms with E-state index in [1.165, 1.54) is 0 Å². The van der Waals surface area contributed by atoms with Crippen molar-refractivity contribution in [2.24, 2.45) is 0 Å². The molecule has 27 heavy (non-hydrogen) atoms. The van der Waals surface area contributed by atoms with E-state index in [0.717, 1.165) is 41.9 Å². The summed E-state index contributed by atoms with van der Waals surface area (Å²) in [4.78, 5) is 17.3. The highest BCUT2D eigenvalue weighted by molar-refractivity contribution is 6.01. The van der Waals surface area contributed by atoms with Gasteiger partial charge in [0.15, 0.2) is 0 Å². The first-order valence-corrected chi connectivity index (χ1v) is 9.14. The second-order valence-electron chi connectivity index (χ2n) is 6.90. The van der Waals surface area contributed by atoms with Crippen molar-refractivity contribution in [3.8, 4) is 5.75 Å². The van der Waals surface area contributed by atoms with Gasteiger partial charge in [-0.15, -0.1) is 0 Å². The molecule has 0 bridgehead atoms. The summed E-state index contributed by atoms with van der Waals surface area (Å²) in [6, 6.07) is 13.8. The fourth-order valence-electron chi connectivity index (χ4n) is 3.56. The van der Waals surface area contributed by atoms with Crippen LogP contribution in [0.15, 0.2) is 47.0 Å². The molecule has 6 heteroatoms. The van der Waals surface area contributed by atoms with Gasteiger partial charge in [-0.2, -0.15) is 0 Å². The molecular formula is C21H23N3O3. The SMILES string of the molecule is COc1cc2ccccc2cc1C(=O)N1CCN(Cc2cc(C)on2)CC1. The van der Waals surface area contributed by atoms with Gasteiger partial charge in [-0.1, -0.05) is 29.4 Å². The number of aryl methyl sites for hydroxylation is 1. The van der Waals surface area contributed by atoms with E-state index in [2.05, 4.69) is 10.1 Å². The molecule has 0 saturated carbocycles. The fraction of sp³-hybridized carbons (Fsp3) is 0.333. The Hall–Kier alpha value is -2.86. The van der Waals surface area contributed by atoms with Crippen LogP contribution in [0.25, 0.3) is 10.8 Å². The number of piperazine rings is 1. The molecule has 0 spiro atoms. The van der Waals surface area contributed by atoms with E-state index in [4.69, 9.17) is 9.26 Å². The molecule has 4 rings (SSSR count). The number of rotatable bonds is 4. The third kappa shape index (κ3) is 3.66. The van der Waals surface area contributed by atoms with Crippen molar-refractivity contribution in [3.63, 3.8) is 0 Å². The number of nitrogens with zero attached hydrogens (tertiary/aromatic N) is 3. The largest absolute Gasteiger partial charge is 0.496 e. The summed E-state index contributed by atoms with van der Waals surface area (Å²) < 4.78 is 10.6. The number of hydrogen-bond donors (Lipinski definition) is 0. The molecule has 6 nitrogen and oxygen atoms in total. The molecule has 0 aliphatic carbocycles. The molecule has 1 amide bonds. The number of ether oxygens (including phenoxy) is 1. The molecule has 1 aliphatic rings. The van der Waals surface area contributed by atoms with Gasteiger partial charge in [0.25, 0.3) is 5.91 Å². The van der Waals surface area contributed by atoms with Gasteiger partial charge >= 0.3 is 0 Å². The van der Waals surface area contributed by atoms with E-state index in [1.807, 2.05) is 54.3 Å². The Morgan fingerprint density at radius 2 is 1.81 bits per heavy atom. The summed E-state index contributed by atoms with van der Waals surface area (Å²) in [5.41, 5.74) is 1.56. The summed E-state index contributed by atoms with van der Waals surface area (Å²) in [5.74, 6) is 1.47. The lowest BCUT2D eigenvalue weighted by Gasteiger charge is -2.34. The highest BCUT2D eigenvalue weighted by Gasteiger charge is 2.25. The first-order chi connectivity index (χ1) is 13.1. The van der Waals surface area contributed by atoms with Crippen molar-refractivity contribution in [1.82, 2.24) is 15.0 Å². The van der Waals surface area contributed by atoms with Crippen LogP contribution < -0.4 is 4.74 Å². The van der Waals surface area contributed by atoms with Crippen LogP contribution in [0.1, 0.15) is 21.8 Å². The number of amides is 1. The van der Waals surface area contributed by atoms with E-state index >= 15 is 0 Å². The molecule has 0 unspecified atom stereocenters. The molecule has 0 N–H and O–H groups in total. The standard InChI is InChI=1S/C21H23N3O3/c1-15-11-18(22-27-15)14-23-7-9-24(10-8-23)21(25)19-12-16-5-3-4-6-17(16)13-20(19)26-2/h3-6,11-13H,7-10,14H2,1-2H3. The zero-order valence-corrected chi connectivity index (χ0v) is 15.6. The van der Waals surface area contributed by atoms with E-state index in [9.17, 15) is 4.79 Å². The van der Waals surface area contributed by atoms with Crippen molar-refractivity contribution in [2.75, 3.05) is 33.3 Å². The maximum atomic E-state index is 13.1. The van der Waals surface area contributed by atoms with Crippen molar-refractivity contribution in [2.45, 2.75) is 13.5 Å². The van der Waals surface area contributed by atoms with Gasteiger partial charge < -0.3 is 14.2 Å². The lowest BCUT2D eigenvalue weighted by atomic mass is 10.0. The fourth-order valence-corrected chi connectivity index (χ4v) is 3.56. The van der Waals surface area contributed by atoms with Gasteiger partial charge in [0, 0.05) is 38.8 Å². The molecule has 1 saturated heterocycles. The Kier molecular flexibility index (Phi) is 4.81. The zero-order valence-electron chi connectivity index (χ0n) is 15.6. The summed E-state index contributed by atoms with van der Waals surface area (Å²) >= 11 is 0. The number of hydrogen-bond acceptors (Lipinski definition) is 5. The Morgan fingerprint density at radius 3 is 2.44 bits per heavy atom. The van der Waals surface area contributed by atoms with Crippen LogP contribution in [0.4, 0.5) is 0 Å². The van der Waals surface area contributed by atoms with Crippen molar-refractivity contribution in [3.05, 3.63) is 59.5 Å². The summed E-state index contributed by atoms with van der Waals surface area (Å²) in [7, 11) is 1.61. The Morgan fingerprint density at radius 1 is 1.11 bits per heavy atom. The maximum absolute atomic E-state index is 13.1. The highest BCUT2D eigenvalue weighted by Crippen LogP contribution is 2.27. The monoisotopic (exact) mass is 365 g/mol. The quantitative estimate of drug-likeness (QED) is 0.711. The van der Waals surface area contributed by atoms with Crippen LogP contribution in [0.3, 0.4) is 0 Å². The van der Waals surface area contributed by atoms with Crippen molar-refractivity contribution >= 4 is 16.7 Å². The molecule has 1 aliphatic heterocycles. The van der Waals surface area contributed by atoms with E-state index in [1.54, 1.807) is 7.11 Å². The number of fused-ring (bicyclic) bond motifs is 1. The summed E-state index contributed by atoms with van der Waals surface area (Å²) in [5, 5.41) is 6.16. The van der Waals surface area contributed by atoms with Gasteiger partial charge in [0.05, 0.1) is 18.4 Å². The van der Waals surface area contributed by atoms with Gasteiger partial charge in [0.1, 0.15) is 11.5 Å². The Bertz CT molecular complexity index is 958. The molecule has 1 fully saturated rings. The first-order valence-electron chi connectivity index (χ1n) is 9.14. The molecule has 0 radical (unpaired) electrons. The minimum atomic E-state index is 0.0227. The second-order valence-corrected chi connectivity index (χ2v) is 6.90. The smallest absolute Gasteiger partial charge is 0.257 e. The van der Waals surface area contributed by atoms with Gasteiger partial charge in [-0.25, -0.2) is 0 Å². The molecule has 0 atom stereocenters. The lowest BCUT2D eigenvalue weighted by molar-refractivity contribution is 0.0622. The first kappa shape index (κ1) is 17.5. The van der Waals surface area contributed by atoms with Crippen LogP contribution in [0, 0.1) is 6.92 Å². The van der Waals surface area contributed by atoms with Crippen LogP contribution >= 0.6 is 0 Å². The zero-order chi connectivity index (χ0) is 18.8. The van der Waals surface area contributed by atoms with Crippen LogP contribution in [-0.4, -0.2) is 54.2 Å². The molecule has 2 heterocycles. The van der Waals surface area contributed by atoms with Crippen LogP contribution in [0.2, 0.25) is 0 Å². The highest BCUT2D eigenvalue weighted by atomic mass is 16.5. The lowest BCUT2D eigenvalue weighted by Crippen LogP contribution is -2.48. The second kappa shape index (κ2) is 7.40. The maximum Gasteiger partial charge on any atom is 0.257 e. The molecule has 140 valence electrons. The molecule has 1 aromatic heterocycles. The summed E-state index contributed by atoms with van der Waals surface area (Å²) in [6.45, 7) is 5.64. The number of methoxy groups -OCH3 is 1. The van der Waals surface area contributed by atoms with E-state index in [0.29, 0.717) is 24.4 Å². The molecule has 2 aromatic carbocycles. The van der Waals surface area contributed by atoms with Crippen molar-refractivity contribution in [1.29, 1.82) is 0 Å². The predicted octanol–water partition coefficient (Wildman–Crippen LogP) is 3.10. The average molecular weight is 365 g/mol. The van der Waals surface area contributed by atoms with E-state index < -0.39 is 0 Å². The Balaban J connectivity index is 1.47. The molecular weight excluding hydrogens is 342 g/mol. The third-order valence-corrected chi connectivity index (χ3v) is 5.02. The van der Waals surface area contributed by atoms with Gasteiger partial charge in [-0.05, 0) is 29.8 Å². The number of aromatic nitrogens is 1. The predicted molar refractivity (Wildman–Crippen MR) is 103 cm³/mol. The van der Waals surface area contributed by atoms with E-state index in [-0.39, 0.29) is 5.91 Å². The van der Waals surface area contributed by atoms with Crippen LogP contribution in [-0.2, 0) is 6.54 Å². The minimum Gasteiger partial charge on any atom is -0.496 e. The molecule has 3 aromatic rings. The van der Waals surface area contributed by atoms with Crippen LogP contribution in [0.5, 0.6) is 5.75 Å². The number of carbonyl (C=O) groups excluding carboxylic acids is 1. The normalized spacial score (nSPS) is 15.3. The topological polar surface area (TPSA) is 58.8 Å². The Labute approximate surface area is 158 Å². The third-order valence-electron chi connectivity index (χ3n) is 5.02. The minimum absolute atomic E-state index is 0.0227. The van der Waals surface area contributed by atoms with Crippen molar-refractivity contribution < 1.29 is 14.1 Å². The summed E-state index contributed by atoms with van der Waals surface area (Å²) in [6.07, 6.45) is 0. The van der Waals surface area contributed by atoms with Gasteiger partial charge in [0.2, 0.25) is 0 Å².